The van der Waals surface area contributed by atoms with Crippen LogP contribution in [0.2, 0.25) is 0 Å². The van der Waals surface area contributed by atoms with Crippen LogP contribution in [0.4, 0.5) is 18.0 Å². The molecule has 2 aliphatic rings. The number of rotatable bonds is 3. The summed E-state index contributed by atoms with van der Waals surface area (Å²) in [7, 11) is 0. The second-order valence-corrected chi connectivity index (χ2v) is 7.16. The molecule has 0 bridgehead atoms. The third kappa shape index (κ3) is 4.86. The zero-order valence-corrected chi connectivity index (χ0v) is 14.9. The van der Waals surface area contributed by atoms with Gasteiger partial charge >= 0.3 is 18.4 Å². The molecular weight excluding hydrogens is 381 g/mol. The summed E-state index contributed by atoms with van der Waals surface area (Å²) in [6.07, 6.45) is -4.61. The second kappa shape index (κ2) is 7.86. The SMILES string of the molecule is O=C(O)C1CC(c2ccc(OC(F)(F)F)cc2)CN(C(=O)N2CCC(O)C2)C1. The summed E-state index contributed by atoms with van der Waals surface area (Å²) in [6, 6.07) is 4.94. The quantitative estimate of drug-likeness (QED) is 0.810. The summed E-state index contributed by atoms with van der Waals surface area (Å²) >= 11 is 0. The van der Waals surface area contributed by atoms with Crippen molar-refractivity contribution in [2.75, 3.05) is 26.2 Å². The number of likely N-dealkylation sites (tertiary alicyclic amines) is 2. The minimum absolute atomic E-state index is 0.0620. The Morgan fingerprint density at radius 1 is 1.07 bits per heavy atom. The zero-order chi connectivity index (χ0) is 20.5. The second-order valence-electron chi connectivity index (χ2n) is 7.16. The lowest BCUT2D eigenvalue weighted by Gasteiger charge is -2.38. The predicted molar refractivity (Wildman–Crippen MR) is 90.8 cm³/mol. The van der Waals surface area contributed by atoms with Crippen LogP contribution in [0, 0.1) is 5.92 Å². The van der Waals surface area contributed by atoms with Crippen LogP contribution in [-0.4, -0.2) is 70.7 Å². The van der Waals surface area contributed by atoms with Gasteiger partial charge in [-0.1, -0.05) is 12.1 Å². The van der Waals surface area contributed by atoms with Crippen LogP contribution in [-0.2, 0) is 4.79 Å². The van der Waals surface area contributed by atoms with Crippen LogP contribution in [0.25, 0.3) is 0 Å². The number of hydrogen-bond donors (Lipinski definition) is 2. The van der Waals surface area contributed by atoms with Gasteiger partial charge in [-0.2, -0.15) is 0 Å². The third-order valence-electron chi connectivity index (χ3n) is 5.09. The topological polar surface area (TPSA) is 90.3 Å². The molecule has 2 amide bonds. The Bertz CT molecular complexity index is 725. The van der Waals surface area contributed by atoms with Gasteiger partial charge in [-0.15, -0.1) is 13.2 Å². The first kappa shape index (κ1) is 20.2. The van der Waals surface area contributed by atoms with E-state index in [1.54, 1.807) is 0 Å². The number of aliphatic carboxylic acids is 1. The average Bonchev–Trinajstić information content (AvgIpc) is 3.06. The maximum absolute atomic E-state index is 12.7. The Morgan fingerprint density at radius 3 is 2.29 bits per heavy atom. The molecule has 3 unspecified atom stereocenters. The highest BCUT2D eigenvalue weighted by Crippen LogP contribution is 2.33. The van der Waals surface area contributed by atoms with Crippen molar-refractivity contribution in [2.24, 2.45) is 5.92 Å². The van der Waals surface area contributed by atoms with Crippen molar-refractivity contribution in [1.29, 1.82) is 0 Å². The van der Waals surface area contributed by atoms with Crippen molar-refractivity contribution < 1.29 is 37.7 Å². The number of aliphatic hydroxyl groups is 1. The minimum atomic E-state index is -4.79. The summed E-state index contributed by atoms with van der Waals surface area (Å²) < 4.78 is 40.7. The van der Waals surface area contributed by atoms with E-state index in [1.807, 2.05) is 0 Å². The summed E-state index contributed by atoms with van der Waals surface area (Å²) in [5.41, 5.74) is 0.639. The van der Waals surface area contributed by atoms with Crippen LogP contribution < -0.4 is 4.74 Å². The summed E-state index contributed by atoms with van der Waals surface area (Å²) in [5, 5.41) is 19.1. The van der Waals surface area contributed by atoms with Crippen LogP contribution in [0.3, 0.4) is 0 Å². The summed E-state index contributed by atoms with van der Waals surface area (Å²) in [4.78, 5) is 27.2. The maximum atomic E-state index is 12.7. The molecule has 0 saturated carbocycles. The number of carboxylic acids is 1. The van der Waals surface area contributed by atoms with Gasteiger partial charge in [0.2, 0.25) is 0 Å². The lowest BCUT2D eigenvalue weighted by Crippen LogP contribution is -2.50. The van der Waals surface area contributed by atoms with Gasteiger partial charge in [-0.25, -0.2) is 4.79 Å². The minimum Gasteiger partial charge on any atom is -0.481 e. The average molecular weight is 402 g/mol. The number of hydrogen-bond acceptors (Lipinski definition) is 4. The Hall–Kier alpha value is -2.49. The molecule has 28 heavy (non-hydrogen) atoms. The van der Waals surface area contributed by atoms with Crippen molar-refractivity contribution in [3.8, 4) is 5.75 Å². The molecule has 1 aromatic rings. The molecule has 154 valence electrons. The number of urea groups is 1. The fourth-order valence-electron chi connectivity index (χ4n) is 3.73. The molecule has 10 heteroatoms. The van der Waals surface area contributed by atoms with E-state index in [2.05, 4.69) is 4.74 Å². The highest BCUT2D eigenvalue weighted by atomic mass is 19.4. The molecule has 2 fully saturated rings. The number of amides is 2. The van der Waals surface area contributed by atoms with E-state index in [4.69, 9.17) is 0 Å². The number of nitrogens with zero attached hydrogens (tertiary/aromatic N) is 2. The molecule has 7 nitrogen and oxygen atoms in total. The van der Waals surface area contributed by atoms with Gasteiger partial charge in [0.05, 0.1) is 12.0 Å². The van der Waals surface area contributed by atoms with E-state index >= 15 is 0 Å². The number of carboxylic acid groups (broad SMARTS) is 1. The fraction of sp³-hybridized carbons (Fsp3) is 0.556. The molecule has 0 spiro atoms. The van der Waals surface area contributed by atoms with Crippen molar-refractivity contribution in [1.82, 2.24) is 9.80 Å². The Morgan fingerprint density at radius 2 is 1.75 bits per heavy atom. The number of aliphatic hydroxyl groups excluding tert-OH is 1. The molecular formula is C18H21F3N2O5. The normalized spacial score (nSPS) is 25.6. The summed E-state index contributed by atoms with van der Waals surface area (Å²) in [6.45, 7) is 0.935. The van der Waals surface area contributed by atoms with Crippen molar-refractivity contribution >= 4 is 12.0 Å². The Balaban J connectivity index is 1.74. The Kier molecular flexibility index (Phi) is 5.69. The van der Waals surface area contributed by atoms with E-state index < -0.39 is 24.4 Å². The molecule has 2 heterocycles. The van der Waals surface area contributed by atoms with E-state index in [0.29, 0.717) is 18.5 Å². The van der Waals surface area contributed by atoms with Crippen LogP contribution in [0.5, 0.6) is 5.75 Å². The van der Waals surface area contributed by atoms with Gasteiger partial charge in [0.15, 0.2) is 0 Å². The Labute approximate surface area is 159 Å². The largest absolute Gasteiger partial charge is 0.573 e. The smallest absolute Gasteiger partial charge is 0.481 e. The zero-order valence-electron chi connectivity index (χ0n) is 14.9. The number of β-amino-alcohol motifs (C(OH)–C–C–N with tert-alkyl or cyclic N) is 1. The number of alkyl halides is 3. The molecule has 2 N–H and O–H groups in total. The number of piperidine rings is 1. The number of carbonyl (C=O) groups is 2. The summed E-state index contributed by atoms with van der Waals surface area (Å²) in [5.74, 6) is -2.49. The van der Waals surface area contributed by atoms with Crippen LogP contribution in [0.1, 0.15) is 24.3 Å². The van der Waals surface area contributed by atoms with E-state index in [-0.39, 0.29) is 43.8 Å². The van der Waals surface area contributed by atoms with Crippen molar-refractivity contribution in [3.63, 3.8) is 0 Å². The number of ether oxygens (including phenoxy) is 1. The van der Waals surface area contributed by atoms with Crippen molar-refractivity contribution in [2.45, 2.75) is 31.2 Å². The maximum Gasteiger partial charge on any atom is 0.573 e. The molecule has 3 atom stereocenters. The molecule has 2 aliphatic heterocycles. The number of halogens is 3. The third-order valence-corrected chi connectivity index (χ3v) is 5.09. The molecule has 1 aromatic carbocycles. The molecule has 3 rings (SSSR count). The lowest BCUT2D eigenvalue weighted by atomic mass is 9.84. The van der Waals surface area contributed by atoms with Gasteiger partial charge in [0, 0.05) is 32.1 Å². The number of benzene rings is 1. The first-order chi connectivity index (χ1) is 13.1. The molecule has 0 aromatic heterocycles. The predicted octanol–water partition coefficient (Wildman–Crippen LogP) is 2.26. The number of carbonyl (C=O) groups excluding carboxylic acids is 1. The molecule has 0 radical (unpaired) electrons. The molecule has 2 saturated heterocycles. The molecule has 0 aliphatic carbocycles. The first-order valence-electron chi connectivity index (χ1n) is 8.93. The van der Waals surface area contributed by atoms with Crippen LogP contribution in [0.15, 0.2) is 24.3 Å². The van der Waals surface area contributed by atoms with E-state index in [9.17, 15) is 33.0 Å². The van der Waals surface area contributed by atoms with E-state index in [1.165, 1.54) is 34.1 Å². The van der Waals surface area contributed by atoms with Gasteiger partial charge in [-0.3, -0.25) is 4.79 Å². The monoisotopic (exact) mass is 402 g/mol. The van der Waals surface area contributed by atoms with Crippen LogP contribution >= 0.6 is 0 Å². The van der Waals surface area contributed by atoms with Gasteiger partial charge in [0.25, 0.3) is 0 Å². The fourth-order valence-corrected chi connectivity index (χ4v) is 3.73. The van der Waals surface area contributed by atoms with Gasteiger partial charge in [0.1, 0.15) is 5.75 Å². The van der Waals surface area contributed by atoms with Gasteiger partial charge < -0.3 is 24.7 Å². The van der Waals surface area contributed by atoms with E-state index in [0.717, 1.165) is 0 Å². The standard InChI is InChI=1S/C18H21F3N2O5/c19-18(20,21)28-15-3-1-11(2-4-15)12-7-13(16(25)26)9-23(8-12)17(27)22-6-5-14(24)10-22/h1-4,12-14,24H,5-10H2,(H,25,26). The first-order valence-corrected chi connectivity index (χ1v) is 8.93. The highest BCUT2D eigenvalue weighted by molar-refractivity contribution is 5.77. The highest BCUT2D eigenvalue weighted by Gasteiger charge is 2.37. The van der Waals surface area contributed by atoms with Gasteiger partial charge in [-0.05, 0) is 30.5 Å². The lowest BCUT2D eigenvalue weighted by molar-refractivity contribution is -0.274. The van der Waals surface area contributed by atoms with Crippen molar-refractivity contribution in [3.05, 3.63) is 29.8 Å².